The summed E-state index contributed by atoms with van der Waals surface area (Å²) in [6, 6.07) is 5.60. The number of urea groups is 1. The van der Waals surface area contributed by atoms with Crippen molar-refractivity contribution in [3.8, 4) is 5.75 Å². The summed E-state index contributed by atoms with van der Waals surface area (Å²) in [6.45, 7) is 7.18. The van der Waals surface area contributed by atoms with Crippen LogP contribution in [0.5, 0.6) is 5.75 Å². The van der Waals surface area contributed by atoms with Gasteiger partial charge in [-0.2, -0.15) is 0 Å². The molecular formula is C19H23N3O5S. The molecule has 28 heavy (non-hydrogen) atoms. The third kappa shape index (κ3) is 6.66. The van der Waals surface area contributed by atoms with Crippen molar-refractivity contribution in [2.45, 2.75) is 46.4 Å². The lowest BCUT2D eigenvalue weighted by Gasteiger charge is -2.14. The van der Waals surface area contributed by atoms with Crippen LogP contribution in [0.3, 0.4) is 0 Å². The third-order valence-electron chi connectivity index (χ3n) is 3.45. The monoisotopic (exact) mass is 405 g/mol. The number of thiazole rings is 1. The van der Waals surface area contributed by atoms with Crippen molar-refractivity contribution in [1.82, 2.24) is 15.6 Å². The Bertz CT molecular complexity index is 832. The molecule has 0 saturated heterocycles. The number of ether oxygens (including phenoxy) is 2. The number of aromatic nitrogens is 1. The summed E-state index contributed by atoms with van der Waals surface area (Å²) >= 11 is 1.55. The number of nitrogens with one attached hydrogen (secondary N) is 2. The van der Waals surface area contributed by atoms with Crippen LogP contribution >= 0.6 is 11.3 Å². The molecule has 3 amide bonds. The van der Waals surface area contributed by atoms with E-state index in [4.69, 9.17) is 9.47 Å². The van der Waals surface area contributed by atoms with Crippen LogP contribution in [0.25, 0.3) is 0 Å². The Labute approximate surface area is 167 Å². The van der Waals surface area contributed by atoms with Crippen molar-refractivity contribution in [2.75, 3.05) is 0 Å². The first-order chi connectivity index (χ1) is 13.2. The van der Waals surface area contributed by atoms with Crippen molar-refractivity contribution in [1.29, 1.82) is 0 Å². The Morgan fingerprint density at radius 2 is 1.82 bits per heavy atom. The minimum atomic E-state index is -1.12. The number of rotatable bonds is 7. The lowest BCUT2D eigenvalue weighted by molar-refractivity contribution is -0.127. The summed E-state index contributed by atoms with van der Waals surface area (Å²) in [5, 5.41) is 7.53. The molecule has 0 fully saturated rings. The van der Waals surface area contributed by atoms with Crippen LogP contribution in [-0.4, -0.2) is 35.0 Å². The lowest BCUT2D eigenvalue weighted by atomic mass is 10.2. The molecule has 0 spiro atoms. The van der Waals surface area contributed by atoms with Gasteiger partial charge in [0.25, 0.3) is 5.91 Å². The summed E-state index contributed by atoms with van der Waals surface area (Å²) in [5.74, 6) is -0.794. The van der Waals surface area contributed by atoms with Crippen LogP contribution in [0, 0.1) is 6.92 Å². The topological polar surface area (TPSA) is 107 Å². The lowest BCUT2D eigenvalue weighted by Crippen LogP contribution is -2.46. The third-order valence-corrected chi connectivity index (χ3v) is 4.28. The SMILES string of the molecule is Cc1nc(COc2ccc(C(=O)O[C@H](C)C(=O)NC(=O)NC(C)C)cc2)cs1. The number of imide groups is 1. The Morgan fingerprint density at radius 1 is 1.14 bits per heavy atom. The fourth-order valence-electron chi connectivity index (χ4n) is 2.11. The zero-order valence-electron chi connectivity index (χ0n) is 16.1. The summed E-state index contributed by atoms with van der Waals surface area (Å²) < 4.78 is 10.7. The van der Waals surface area contributed by atoms with Gasteiger partial charge >= 0.3 is 12.0 Å². The molecule has 2 rings (SSSR count). The number of aryl methyl sites for hydroxylation is 1. The molecule has 0 saturated carbocycles. The summed E-state index contributed by atoms with van der Waals surface area (Å²) in [4.78, 5) is 39.9. The van der Waals surface area contributed by atoms with Gasteiger partial charge in [-0.15, -0.1) is 11.3 Å². The maximum absolute atomic E-state index is 12.2. The first-order valence-corrected chi connectivity index (χ1v) is 9.58. The molecule has 1 atom stereocenters. The number of benzene rings is 1. The normalized spacial score (nSPS) is 11.6. The molecule has 1 heterocycles. The van der Waals surface area contributed by atoms with Crippen molar-refractivity contribution in [2.24, 2.45) is 0 Å². The fourth-order valence-corrected chi connectivity index (χ4v) is 2.71. The van der Waals surface area contributed by atoms with Crippen LogP contribution in [-0.2, 0) is 16.1 Å². The maximum atomic E-state index is 12.2. The molecule has 2 aromatic rings. The van der Waals surface area contributed by atoms with E-state index in [9.17, 15) is 14.4 Å². The molecule has 1 aromatic carbocycles. The van der Waals surface area contributed by atoms with E-state index in [1.807, 2.05) is 12.3 Å². The number of hydrogen-bond donors (Lipinski definition) is 2. The first-order valence-electron chi connectivity index (χ1n) is 8.71. The zero-order valence-corrected chi connectivity index (χ0v) is 17.0. The largest absolute Gasteiger partial charge is 0.487 e. The standard InChI is InChI=1S/C19H23N3O5S/c1-11(2)20-19(25)22-17(23)12(3)27-18(24)14-5-7-16(8-6-14)26-9-15-10-28-13(4)21-15/h5-8,10-12H,9H2,1-4H3,(H2,20,22,23,25)/t12-/m1/s1. The molecule has 0 bridgehead atoms. The molecule has 0 aliphatic heterocycles. The molecular weight excluding hydrogens is 382 g/mol. The zero-order chi connectivity index (χ0) is 20.7. The summed E-state index contributed by atoms with van der Waals surface area (Å²) in [6.07, 6.45) is -1.12. The van der Waals surface area contributed by atoms with Crippen molar-refractivity contribution >= 4 is 29.2 Å². The van der Waals surface area contributed by atoms with E-state index in [1.54, 1.807) is 49.4 Å². The second-order valence-electron chi connectivity index (χ2n) is 6.34. The fraction of sp³-hybridized carbons (Fsp3) is 0.368. The Kier molecular flexibility index (Phi) is 7.51. The Balaban J connectivity index is 1.84. The van der Waals surface area contributed by atoms with Crippen molar-refractivity contribution in [3.05, 3.63) is 45.9 Å². The Hall–Kier alpha value is -2.94. The predicted molar refractivity (Wildman–Crippen MR) is 104 cm³/mol. The van der Waals surface area contributed by atoms with E-state index in [0.717, 1.165) is 10.7 Å². The molecule has 9 heteroatoms. The van der Waals surface area contributed by atoms with Crippen LogP contribution in [0.2, 0.25) is 0 Å². The van der Waals surface area contributed by atoms with E-state index in [1.165, 1.54) is 6.92 Å². The highest BCUT2D eigenvalue weighted by atomic mass is 32.1. The van der Waals surface area contributed by atoms with Gasteiger partial charge in [0, 0.05) is 11.4 Å². The highest BCUT2D eigenvalue weighted by molar-refractivity contribution is 7.09. The molecule has 150 valence electrons. The van der Waals surface area contributed by atoms with E-state index in [2.05, 4.69) is 15.6 Å². The second kappa shape index (κ2) is 9.84. The average Bonchev–Trinajstić information content (AvgIpc) is 3.04. The van der Waals surface area contributed by atoms with Gasteiger partial charge in [-0.25, -0.2) is 14.6 Å². The minimum absolute atomic E-state index is 0.120. The molecule has 1 aromatic heterocycles. The summed E-state index contributed by atoms with van der Waals surface area (Å²) in [5.41, 5.74) is 1.11. The quantitative estimate of drug-likeness (QED) is 0.686. The van der Waals surface area contributed by atoms with Gasteiger partial charge in [0.2, 0.25) is 0 Å². The van der Waals surface area contributed by atoms with Gasteiger partial charge in [-0.1, -0.05) is 0 Å². The Morgan fingerprint density at radius 3 is 2.39 bits per heavy atom. The van der Waals surface area contributed by atoms with Crippen LogP contribution in [0.1, 0.15) is 41.8 Å². The number of amides is 3. The van der Waals surface area contributed by atoms with Crippen molar-refractivity contribution in [3.63, 3.8) is 0 Å². The van der Waals surface area contributed by atoms with Crippen LogP contribution < -0.4 is 15.4 Å². The predicted octanol–water partition coefficient (Wildman–Crippen LogP) is 2.81. The smallest absolute Gasteiger partial charge is 0.338 e. The van der Waals surface area contributed by atoms with Gasteiger partial charge in [-0.3, -0.25) is 10.1 Å². The van der Waals surface area contributed by atoms with Gasteiger partial charge < -0.3 is 14.8 Å². The molecule has 2 N–H and O–H groups in total. The van der Waals surface area contributed by atoms with Crippen LogP contribution in [0.15, 0.2) is 29.6 Å². The molecule has 0 aliphatic carbocycles. The highest BCUT2D eigenvalue weighted by Crippen LogP contribution is 2.16. The van der Waals surface area contributed by atoms with E-state index in [-0.39, 0.29) is 11.6 Å². The summed E-state index contributed by atoms with van der Waals surface area (Å²) in [7, 11) is 0. The minimum Gasteiger partial charge on any atom is -0.487 e. The highest BCUT2D eigenvalue weighted by Gasteiger charge is 2.21. The number of carbonyl (C=O) groups excluding carboxylic acids is 3. The van der Waals surface area contributed by atoms with Gasteiger partial charge in [0.05, 0.1) is 16.3 Å². The van der Waals surface area contributed by atoms with Gasteiger partial charge in [0.1, 0.15) is 12.4 Å². The van der Waals surface area contributed by atoms with E-state index < -0.39 is 24.0 Å². The number of hydrogen-bond acceptors (Lipinski definition) is 7. The maximum Gasteiger partial charge on any atom is 0.338 e. The van der Waals surface area contributed by atoms with Gasteiger partial charge in [0.15, 0.2) is 6.10 Å². The van der Waals surface area contributed by atoms with E-state index >= 15 is 0 Å². The second-order valence-corrected chi connectivity index (χ2v) is 7.40. The first kappa shape index (κ1) is 21.4. The van der Waals surface area contributed by atoms with Crippen LogP contribution in [0.4, 0.5) is 4.79 Å². The van der Waals surface area contributed by atoms with Gasteiger partial charge in [-0.05, 0) is 52.0 Å². The molecule has 0 unspecified atom stereocenters. The number of carbonyl (C=O) groups is 3. The number of nitrogens with zero attached hydrogens (tertiary/aromatic N) is 1. The molecule has 0 radical (unpaired) electrons. The average molecular weight is 405 g/mol. The van der Waals surface area contributed by atoms with Crippen molar-refractivity contribution < 1.29 is 23.9 Å². The molecule has 0 aliphatic rings. The molecule has 8 nitrogen and oxygen atoms in total. The number of esters is 1. The van der Waals surface area contributed by atoms with E-state index in [0.29, 0.717) is 12.4 Å².